The molecule has 1 amide bonds. The van der Waals surface area contributed by atoms with Gasteiger partial charge in [-0.15, -0.1) is 0 Å². The van der Waals surface area contributed by atoms with Gasteiger partial charge in [-0.05, 0) is 19.8 Å². The summed E-state index contributed by atoms with van der Waals surface area (Å²) in [4.78, 5) is 47.4. The van der Waals surface area contributed by atoms with Crippen molar-refractivity contribution in [2.24, 2.45) is 17.2 Å². The number of rotatable bonds is 12. The number of carbonyl (C=O) groups excluding carboxylic acids is 1. The molecule has 0 radical (unpaired) electrons. The molecule has 0 saturated heterocycles. The minimum Gasteiger partial charge on any atom is -0.480 e. The highest BCUT2D eigenvalue weighted by atomic mass is 31.2. The number of amides is 1. The number of hydrogen-bond donors (Lipinski definition) is 8. The van der Waals surface area contributed by atoms with Crippen LogP contribution in [0.5, 0.6) is 0 Å². The lowest BCUT2D eigenvalue weighted by Crippen LogP contribution is -2.30. The van der Waals surface area contributed by atoms with E-state index in [0.29, 0.717) is 0 Å². The molecule has 11 N–H and O–H groups in total. The van der Waals surface area contributed by atoms with Crippen LogP contribution in [0, 0.1) is 0 Å². The summed E-state index contributed by atoms with van der Waals surface area (Å²) >= 11 is 0. The number of aliphatic carboxylic acids is 2. The topological polar surface area (TPSA) is 291 Å². The van der Waals surface area contributed by atoms with Gasteiger partial charge in [0, 0.05) is 19.0 Å². The number of nitrogens with two attached hydrogens (primary N) is 3. The molecule has 0 bridgehead atoms. The van der Waals surface area contributed by atoms with Crippen molar-refractivity contribution in [2.45, 2.75) is 31.8 Å². The zero-order chi connectivity index (χ0) is 25.4. The van der Waals surface area contributed by atoms with Gasteiger partial charge in [-0.1, -0.05) is 0 Å². The van der Waals surface area contributed by atoms with Crippen LogP contribution in [0.25, 0.3) is 0 Å². The van der Waals surface area contributed by atoms with Crippen LogP contribution in [0.2, 0.25) is 0 Å². The van der Waals surface area contributed by atoms with Gasteiger partial charge in [0.1, 0.15) is 19.9 Å². The van der Waals surface area contributed by atoms with Crippen molar-refractivity contribution in [1.29, 1.82) is 0 Å². The molecule has 0 heterocycles. The Hall–Kier alpha value is -1.14. The fourth-order valence-electron chi connectivity index (χ4n) is 1.26. The highest BCUT2D eigenvalue weighted by Gasteiger charge is 2.26. The second kappa shape index (κ2) is 17.4. The summed E-state index contributed by atoms with van der Waals surface area (Å²) in [6.45, 7) is 2.67. The van der Waals surface area contributed by atoms with Gasteiger partial charge >= 0.3 is 25.2 Å². The van der Waals surface area contributed by atoms with Crippen LogP contribution >= 0.6 is 22.8 Å². The fraction of sp³-hybridized carbons (Fsp3) is 0.769. The quantitative estimate of drug-likeness (QED) is 0.149. The van der Waals surface area contributed by atoms with Crippen LogP contribution in [0.15, 0.2) is 0 Å². The molecule has 0 saturated carbocycles. The van der Waals surface area contributed by atoms with Crippen molar-refractivity contribution < 1.29 is 57.7 Å². The number of hydrogen-bond acceptors (Lipinski definition) is 10. The normalized spacial score (nSPS) is 17.1. The first kappa shape index (κ1) is 34.5. The zero-order valence-corrected chi connectivity index (χ0v) is 19.9. The van der Waals surface area contributed by atoms with Gasteiger partial charge in [0.15, 0.2) is 7.37 Å². The fourth-order valence-corrected chi connectivity index (χ4v) is 3.29. The predicted octanol–water partition coefficient (Wildman–Crippen LogP) is -0.726. The Labute approximate surface area is 179 Å². The van der Waals surface area contributed by atoms with Gasteiger partial charge in [0.05, 0.1) is 13.0 Å². The van der Waals surface area contributed by atoms with E-state index >= 15 is 0 Å². The summed E-state index contributed by atoms with van der Waals surface area (Å²) in [6.07, 6.45) is -0.000589. The minimum atomic E-state index is -4.13. The molecule has 0 spiro atoms. The van der Waals surface area contributed by atoms with E-state index in [2.05, 4.69) is 10.3 Å². The Morgan fingerprint density at radius 2 is 1.45 bits per heavy atom. The second-order valence-electron chi connectivity index (χ2n) is 5.96. The minimum absolute atomic E-state index is 0.00326. The highest BCUT2D eigenvalue weighted by Crippen LogP contribution is 2.40. The molecule has 18 heteroatoms. The smallest absolute Gasteiger partial charge is 0.415 e. The molecule has 0 aliphatic rings. The number of primary amides is 1. The average molecular weight is 515 g/mol. The van der Waals surface area contributed by atoms with Crippen LogP contribution in [-0.4, -0.2) is 86.7 Å². The molecule has 0 aliphatic heterocycles. The van der Waals surface area contributed by atoms with E-state index in [1.165, 1.54) is 13.6 Å². The zero-order valence-electron chi connectivity index (χ0n) is 17.1. The Bertz CT molecular complexity index is 684. The van der Waals surface area contributed by atoms with Crippen LogP contribution in [0.3, 0.4) is 0 Å². The molecule has 5 atom stereocenters. The lowest BCUT2D eigenvalue weighted by Gasteiger charge is -2.07. The number of carbonyl (C=O) groups is 3. The Morgan fingerprint density at radius 1 is 1.03 bits per heavy atom. The van der Waals surface area contributed by atoms with Gasteiger partial charge < -0.3 is 51.4 Å². The largest absolute Gasteiger partial charge is 0.480 e. The third kappa shape index (κ3) is 23.4. The van der Waals surface area contributed by atoms with E-state index in [4.69, 9.17) is 36.6 Å². The van der Waals surface area contributed by atoms with E-state index in [-0.39, 0.29) is 38.1 Å². The van der Waals surface area contributed by atoms with E-state index in [1.807, 2.05) is 0 Å². The maximum absolute atomic E-state index is 10.6. The SMILES string of the molecule is CCOP(=O)(O)C(N)=O.CP(=O)(O)CCC(N)C(=O)O.NC(CC[PH](=O)CO)C(=O)O. The van der Waals surface area contributed by atoms with Crippen LogP contribution in [-0.2, 0) is 27.8 Å². The molecule has 0 rings (SSSR count). The number of aliphatic hydroxyl groups excluding tert-OH is 1. The first-order chi connectivity index (χ1) is 13.9. The van der Waals surface area contributed by atoms with E-state index < -0.39 is 52.4 Å². The molecular weight excluding hydrogens is 483 g/mol. The van der Waals surface area contributed by atoms with Crippen molar-refractivity contribution in [1.82, 2.24) is 0 Å². The average Bonchev–Trinajstić information content (AvgIpc) is 2.63. The number of aliphatic hydroxyl groups is 1. The molecule has 0 aliphatic carbocycles. The second-order valence-corrected chi connectivity index (χ2v) is 12.1. The third-order valence-corrected chi connectivity index (χ3v) is 6.43. The molecule has 0 aromatic rings. The van der Waals surface area contributed by atoms with Crippen molar-refractivity contribution in [3.63, 3.8) is 0 Å². The predicted molar refractivity (Wildman–Crippen MR) is 113 cm³/mol. The monoisotopic (exact) mass is 515 g/mol. The molecule has 31 heavy (non-hydrogen) atoms. The van der Waals surface area contributed by atoms with Crippen LogP contribution in [0.4, 0.5) is 4.79 Å². The van der Waals surface area contributed by atoms with Crippen molar-refractivity contribution in [2.75, 3.05) is 31.9 Å². The van der Waals surface area contributed by atoms with E-state index in [0.717, 1.165) is 0 Å². The third-order valence-electron chi connectivity index (χ3n) is 2.98. The summed E-state index contributed by atoms with van der Waals surface area (Å²) in [5, 5.41) is 24.9. The van der Waals surface area contributed by atoms with Crippen LogP contribution < -0.4 is 17.2 Å². The molecule has 5 unspecified atom stereocenters. The lowest BCUT2D eigenvalue weighted by atomic mass is 10.2. The Morgan fingerprint density at radius 3 is 1.71 bits per heavy atom. The first-order valence-electron chi connectivity index (χ1n) is 8.57. The molecule has 0 fully saturated rings. The summed E-state index contributed by atoms with van der Waals surface area (Å²) < 4.78 is 35.8. The summed E-state index contributed by atoms with van der Waals surface area (Å²) in [7, 11) is -9.22. The van der Waals surface area contributed by atoms with Gasteiger partial charge in [-0.2, -0.15) is 0 Å². The summed E-state index contributed by atoms with van der Waals surface area (Å²) in [5.41, 5.74) is 13.4. The standard InChI is InChI=1S/2C5H12NO4P.C3H8NO4P/c1-11(9,10)3-2-4(6)5(7)8;6-4(5(8)9)1-2-11(10)3-7;1-2-8-9(6,7)3(4)5/h4H,2-3,6H2,1H3,(H,7,8)(H,9,10);4,7,11H,1-3,6H2,(H,8,9);2H2,1H3,(H2,4,5)(H,6,7). The highest BCUT2D eigenvalue weighted by molar-refractivity contribution is 7.70. The van der Waals surface area contributed by atoms with Crippen molar-refractivity contribution >= 4 is 40.4 Å². The van der Waals surface area contributed by atoms with Crippen LogP contribution in [0.1, 0.15) is 19.8 Å². The maximum Gasteiger partial charge on any atom is 0.415 e. The summed E-state index contributed by atoms with van der Waals surface area (Å²) in [6, 6.07) is -1.99. The molecule has 186 valence electrons. The Kier molecular flexibility index (Phi) is 19.4. The van der Waals surface area contributed by atoms with Crippen molar-refractivity contribution in [3.8, 4) is 0 Å². The number of carboxylic acids is 2. The summed E-state index contributed by atoms with van der Waals surface area (Å²) in [5.74, 6) is -2.24. The maximum atomic E-state index is 10.6. The van der Waals surface area contributed by atoms with E-state index in [9.17, 15) is 28.1 Å². The first-order valence-corrected chi connectivity index (χ1v) is 14.3. The Balaban J connectivity index is -0.000000382. The molecule has 15 nitrogen and oxygen atoms in total. The van der Waals surface area contributed by atoms with Gasteiger partial charge in [0.25, 0.3) is 0 Å². The van der Waals surface area contributed by atoms with Gasteiger partial charge in [-0.3, -0.25) is 18.9 Å². The number of carboxylic acid groups (broad SMARTS) is 2. The lowest BCUT2D eigenvalue weighted by molar-refractivity contribution is -0.139. The van der Waals surface area contributed by atoms with Gasteiger partial charge in [0.2, 0.25) is 0 Å². The molecule has 0 aromatic carbocycles. The van der Waals surface area contributed by atoms with E-state index in [1.54, 1.807) is 0 Å². The molecule has 0 aromatic heterocycles. The van der Waals surface area contributed by atoms with Crippen molar-refractivity contribution in [3.05, 3.63) is 0 Å². The van der Waals surface area contributed by atoms with Gasteiger partial charge in [-0.25, -0.2) is 4.57 Å². The molecular formula is C13H32N3O12P3.